The second kappa shape index (κ2) is 10.1. The summed E-state index contributed by atoms with van der Waals surface area (Å²) in [6.07, 6.45) is 9.05. The van der Waals surface area contributed by atoms with E-state index in [0.717, 1.165) is 25.0 Å². The van der Waals surface area contributed by atoms with Crippen LogP contribution in [0.2, 0.25) is 0 Å². The van der Waals surface area contributed by atoms with E-state index in [4.69, 9.17) is 4.74 Å². The van der Waals surface area contributed by atoms with Crippen LogP contribution in [0.1, 0.15) is 54.5 Å². The van der Waals surface area contributed by atoms with Crippen molar-refractivity contribution in [2.24, 2.45) is 5.92 Å². The summed E-state index contributed by atoms with van der Waals surface area (Å²) in [5, 5.41) is 5.94. The Kier molecular flexibility index (Phi) is 7.29. The van der Waals surface area contributed by atoms with Gasteiger partial charge in [0.1, 0.15) is 5.69 Å². The molecule has 0 aromatic carbocycles. The van der Waals surface area contributed by atoms with Crippen molar-refractivity contribution in [1.82, 2.24) is 30.6 Å². The molecule has 0 bridgehead atoms. The Morgan fingerprint density at radius 2 is 2.10 bits per heavy atom. The Morgan fingerprint density at radius 1 is 1.24 bits per heavy atom. The van der Waals surface area contributed by atoms with E-state index in [0.29, 0.717) is 31.0 Å². The number of H-pyrrole nitrogens is 1. The van der Waals surface area contributed by atoms with Crippen molar-refractivity contribution < 1.29 is 14.3 Å². The summed E-state index contributed by atoms with van der Waals surface area (Å²) in [5.41, 5.74) is 1.94. The molecule has 2 aromatic heterocycles. The number of hydrogen-bond acceptors (Lipinski definition) is 6. The normalized spacial score (nSPS) is 21.5. The molecule has 9 nitrogen and oxygen atoms in total. The SMILES string of the molecule is CCCO[C@@H]1CC[C@H](C(=O)NCc2cnc(C)cn2)C[C@H]1NC(=O)c1cnc[nH]1. The average molecular weight is 400 g/mol. The van der Waals surface area contributed by atoms with Crippen molar-refractivity contribution in [3.63, 3.8) is 0 Å². The fourth-order valence-electron chi connectivity index (χ4n) is 3.46. The summed E-state index contributed by atoms with van der Waals surface area (Å²) in [6, 6.07) is -0.235. The molecule has 0 radical (unpaired) electrons. The minimum absolute atomic E-state index is 0.0397. The first-order valence-corrected chi connectivity index (χ1v) is 10.0. The van der Waals surface area contributed by atoms with Gasteiger partial charge in [0.15, 0.2) is 0 Å². The maximum atomic E-state index is 12.7. The number of hydrogen-bond donors (Lipinski definition) is 3. The highest BCUT2D eigenvalue weighted by Crippen LogP contribution is 2.27. The molecule has 0 spiro atoms. The first-order chi connectivity index (χ1) is 14.1. The summed E-state index contributed by atoms with van der Waals surface area (Å²) in [7, 11) is 0. The fourth-order valence-corrected chi connectivity index (χ4v) is 3.46. The third kappa shape index (κ3) is 5.83. The van der Waals surface area contributed by atoms with Crippen molar-refractivity contribution in [3.05, 3.63) is 42.0 Å². The lowest BCUT2D eigenvalue weighted by molar-refractivity contribution is -0.127. The van der Waals surface area contributed by atoms with Crippen molar-refractivity contribution >= 4 is 11.8 Å². The van der Waals surface area contributed by atoms with Gasteiger partial charge in [-0.1, -0.05) is 6.92 Å². The summed E-state index contributed by atoms with van der Waals surface area (Å²) >= 11 is 0. The van der Waals surface area contributed by atoms with Crippen LogP contribution >= 0.6 is 0 Å². The maximum Gasteiger partial charge on any atom is 0.269 e. The van der Waals surface area contributed by atoms with Gasteiger partial charge in [0.2, 0.25) is 5.91 Å². The molecule has 1 aliphatic carbocycles. The van der Waals surface area contributed by atoms with Gasteiger partial charge in [-0.2, -0.15) is 0 Å². The zero-order valence-corrected chi connectivity index (χ0v) is 16.9. The molecule has 1 saturated carbocycles. The predicted molar refractivity (Wildman–Crippen MR) is 106 cm³/mol. The summed E-state index contributed by atoms with van der Waals surface area (Å²) < 4.78 is 5.94. The number of carbonyl (C=O) groups is 2. The number of nitrogens with one attached hydrogen (secondary N) is 3. The molecule has 2 heterocycles. The second-order valence-electron chi connectivity index (χ2n) is 7.33. The predicted octanol–water partition coefficient (Wildman–Crippen LogP) is 1.52. The van der Waals surface area contributed by atoms with E-state index < -0.39 is 0 Å². The van der Waals surface area contributed by atoms with E-state index in [1.807, 2.05) is 13.8 Å². The Balaban J connectivity index is 1.59. The second-order valence-corrected chi connectivity index (χ2v) is 7.33. The molecule has 1 fully saturated rings. The van der Waals surface area contributed by atoms with Crippen molar-refractivity contribution in [1.29, 1.82) is 0 Å². The Bertz CT molecular complexity index is 793. The highest BCUT2D eigenvalue weighted by atomic mass is 16.5. The van der Waals surface area contributed by atoms with Crippen molar-refractivity contribution in [2.75, 3.05) is 6.61 Å². The van der Waals surface area contributed by atoms with Gasteiger partial charge < -0.3 is 20.4 Å². The third-order valence-corrected chi connectivity index (χ3v) is 5.03. The molecule has 9 heteroatoms. The molecule has 3 atom stereocenters. The van der Waals surface area contributed by atoms with E-state index >= 15 is 0 Å². The number of aryl methyl sites for hydroxylation is 1. The minimum Gasteiger partial charge on any atom is -0.376 e. The van der Waals surface area contributed by atoms with Gasteiger partial charge in [0, 0.05) is 18.7 Å². The highest BCUT2D eigenvalue weighted by molar-refractivity contribution is 5.92. The van der Waals surface area contributed by atoms with Gasteiger partial charge in [-0.15, -0.1) is 0 Å². The summed E-state index contributed by atoms with van der Waals surface area (Å²) in [5.74, 6) is -0.474. The number of ether oxygens (including phenoxy) is 1. The molecule has 0 saturated heterocycles. The van der Waals surface area contributed by atoms with E-state index in [9.17, 15) is 9.59 Å². The summed E-state index contributed by atoms with van der Waals surface area (Å²) in [6.45, 7) is 4.88. The van der Waals surface area contributed by atoms with Gasteiger partial charge in [-0.05, 0) is 32.6 Å². The van der Waals surface area contributed by atoms with Crippen LogP contribution in [-0.4, -0.2) is 50.5 Å². The lowest BCUT2D eigenvalue weighted by Gasteiger charge is -2.35. The lowest BCUT2D eigenvalue weighted by Crippen LogP contribution is -2.50. The van der Waals surface area contributed by atoms with Crippen LogP contribution in [0, 0.1) is 12.8 Å². The third-order valence-electron chi connectivity index (χ3n) is 5.03. The Labute approximate surface area is 170 Å². The zero-order valence-electron chi connectivity index (χ0n) is 16.9. The molecule has 29 heavy (non-hydrogen) atoms. The number of aromatic nitrogens is 4. The standard InChI is InChI=1S/C20H28N6O3/c1-3-6-29-18-5-4-14(7-16(18)26-20(28)17-11-21-12-25-17)19(27)24-10-15-9-22-13(2)8-23-15/h8-9,11-12,14,16,18H,3-7,10H2,1-2H3,(H,21,25)(H,24,27)(H,26,28)/t14-,16+,18+/m0/s1. The van der Waals surface area contributed by atoms with Crippen LogP contribution in [0.25, 0.3) is 0 Å². The molecule has 0 aliphatic heterocycles. The van der Waals surface area contributed by atoms with E-state index in [1.54, 1.807) is 12.4 Å². The summed E-state index contributed by atoms with van der Waals surface area (Å²) in [4.78, 5) is 40.3. The van der Waals surface area contributed by atoms with Crippen LogP contribution in [0.3, 0.4) is 0 Å². The van der Waals surface area contributed by atoms with Crippen LogP contribution in [0.5, 0.6) is 0 Å². The van der Waals surface area contributed by atoms with Crippen molar-refractivity contribution in [3.8, 4) is 0 Å². The van der Waals surface area contributed by atoms with Gasteiger partial charge in [-0.25, -0.2) is 4.98 Å². The average Bonchev–Trinajstić information content (AvgIpc) is 3.27. The van der Waals surface area contributed by atoms with Gasteiger partial charge in [0.25, 0.3) is 5.91 Å². The first-order valence-electron chi connectivity index (χ1n) is 10.0. The van der Waals surface area contributed by atoms with Crippen LogP contribution in [0.4, 0.5) is 0 Å². The van der Waals surface area contributed by atoms with Crippen LogP contribution in [-0.2, 0) is 16.1 Å². The van der Waals surface area contributed by atoms with E-state index in [-0.39, 0.29) is 29.9 Å². The number of imidazole rings is 1. The highest BCUT2D eigenvalue weighted by Gasteiger charge is 2.35. The number of rotatable bonds is 8. The number of nitrogens with zero attached hydrogens (tertiary/aromatic N) is 3. The van der Waals surface area contributed by atoms with Gasteiger partial charge in [0.05, 0.1) is 48.8 Å². The molecule has 2 amide bonds. The maximum absolute atomic E-state index is 12.7. The number of amides is 2. The van der Waals surface area contributed by atoms with Gasteiger partial charge >= 0.3 is 0 Å². The molecule has 1 aliphatic rings. The Hall–Kier alpha value is -2.81. The largest absolute Gasteiger partial charge is 0.376 e. The van der Waals surface area contributed by atoms with Crippen LogP contribution < -0.4 is 10.6 Å². The lowest BCUT2D eigenvalue weighted by atomic mass is 9.83. The van der Waals surface area contributed by atoms with Crippen molar-refractivity contribution in [2.45, 2.75) is 58.2 Å². The molecular formula is C20H28N6O3. The first kappa shape index (κ1) is 20.9. The quantitative estimate of drug-likeness (QED) is 0.618. The molecule has 0 unspecified atom stereocenters. The molecule has 2 aromatic rings. The Morgan fingerprint density at radius 3 is 2.79 bits per heavy atom. The smallest absolute Gasteiger partial charge is 0.269 e. The molecule has 156 valence electrons. The molecule has 3 N–H and O–H groups in total. The monoisotopic (exact) mass is 400 g/mol. The van der Waals surface area contributed by atoms with Crippen LogP contribution in [0.15, 0.2) is 24.9 Å². The minimum atomic E-state index is -0.242. The number of aromatic amines is 1. The number of carbonyl (C=O) groups excluding carboxylic acids is 2. The van der Waals surface area contributed by atoms with E-state index in [2.05, 4.69) is 30.6 Å². The van der Waals surface area contributed by atoms with Gasteiger partial charge in [-0.3, -0.25) is 19.6 Å². The fraction of sp³-hybridized carbons (Fsp3) is 0.550. The zero-order chi connectivity index (χ0) is 20.6. The molecular weight excluding hydrogens is 372 g/mol. The topological polar surface area (TPSA) is 122 Å². The van der Waals surface area contributed by atoms with E-state index in [1.165, 1.54) is 12.5 Å². The molecule has 3 rings (SSSR count).